The zero-order valence-corrected chi connectivity index (χ0v) is 15.1. The van der Waals surface area contributed by atoms with Gasteiger partial charge in [0.2, 0.25) is 0 Å². The number of hydrogen-bond acceptors (Lipinski definition) is 4. The first-order valence-corrected chi connectivity index (χ1v) is 8.71. The summed E-state index contributed by atoms with van der Waals surface area (Å²) in [5.74, 6) is -0.175. The van der Waals surface area contributed by atoms with E-state index in [1.807, 2.05) is 20.9 Å². The molecule has 0 saturated carbocycles. The topological polar surface area (TPSA) is 70.4 Å². The molecule has 2 heterocycles. The minimum Gasteiger partial charge on any atom is -0.390 e. The van der Waals surface area contributed by atoms with E-state index >= 15 is 0 Å². The summed E-state index contributed by atoms with van der Waals surface area (Å²) in [6.45, 7) is 6.27. The third-order valence-electron chi connectivity index (χ3n) is 4.91. The van der Waals surface area contributed by atoms with Crippen LogP contribution in [0.15, 0.2) is 24.3 Å². The van der Waals surface area contributed by atoms with Crippen LogP contribution in [0.25, 0.3) is 0 Å². The number of nitrogens with zero attached hydrogens (tertiary/aromatic N) is 3. The zero-order valence-electron chi connectivity index (χ0n) is 15.1. The van der Waals surface area contributed by atoms with E-state index in [1.165, 1.54) is 11.1 Å². The first-order valence-electron chi connectivity index (χ1n) is 8.71. The van der Waals surface area contributed by atoms with Crippen molar-refractivity contribution in [3.05, 3.63) is 52.3 Å². The molecule has 1 aromatic carbocycles. The minimum atomic E-state index is -0.591. The second kappa shape index (κ2) is 7.37. The number of aromatic nitrogens is 2. The van der Waals surface area contributed by atoms with Crippen molar-refractivity contribution >= 4 is 5.91 Å². The summed E-state index contributed by atoms with van der Waals surface area (Å²) >= 11 is 0. The summed E-state index contributed by atoms with van der Waals surface area (Å²) in [6, 6.07) is 8.43. The molecule has 0 spiro atoms. The van der Waals surface area contributed by atoms with Gasteiger partial charge in [-0.15, -0.1) is 0 Å². The molecular weight excluding hydrogens is 316 g/mol. The van der Waals surface area contributed by atoms with Crippen LogP contribution in [0, 0.1) is 13.8 Å². The van der Waals surface area contributed by atoms with Crippen molar-refractivity contribution in [2.45, 2.75) is 32.9 Å². The Hall–Kier alpha value is -2.18. The number of rotatable bonds is 5. The number of nitrogens with one attached hydrogen (secondary N) is 1. The van der Waals surface area contributed by atoms with Crippen LogP contribution in [0.5, 0.6) is 0 Å². The maximum absolute atomic E-state index is 12.4. The lowest BCUT2D eigenvalue weighted by atomic mass is 10.00. The molecular formula is C19H26N4O2. The molecule has 2 N–H and O–H groups in total. The van der Waals surface area contributed by atoms with E-state index in [-0.39, 0.29) is 12.5 Å². The van der Waals surface area contributed by atoms with Crippen molar-refractivity contribution < 1.29 is 9.90 Å². The lowest BCUT2D eigenvalue weighted by molar-refractivity contribution is 0.0841. The Bertz CT molecular complexity index is 769. The van der Waals surface area contributed by atoms with Crippen LogP contribution in [0.2, 0.25) is 0 Å². The van der Waals surface area contributed by atoms with Gasteiger partial charge >= 0.3 is 0 Å². The molecule has 0 fully saturated rings. The molecule has 6 nitrogen and oxygen atoms in total. The Kier molecular flexibility index (Phi) is 5.20. The van der Waals surface area contributed by atoms with Crippen LogP contribution in [0.1, 0.15) is 32.9 Å². The number of carbonyl (C=O) groups excluding carboxylic acids is 1. The highest BCUT2D eigenvalue weighted by molar-refractivity contribution is 5.96. The highest BCUT2D eigenvalue weighted by atomic mass is 16.3. The molecule has 1 amide bonds. The monoisotopic (exact) mass is 342 g/mol. The van der Waals surface area contributed by atoms with E-state index < -0.39 is 6.10 Å². The Labute approximate surface area is 148 Å². The van der Waals surface area contributed by atoms with Gasteiger partial charge in [-0.1, -0.05) is 24.3 Å². The van der Waals surface area contributed by atoms with Gasteiger partial charge in [0.1, 0.15) is 0 Å². The number of fused-ring (bicyclic) bond motifs is 1. The SMILES string of the molecule is Cc1nn(C)c(C)c1C(=O)NCC(O)CN1CCc2ccccc2C1. The molecule has 1 aliphatic rings. The molecule has 1 aliphatic heterocycles. The number of aliphatic hydroxyl groups is 1. The standard InChI is InChI=1S/C19H26N4O2/c1-13-18(14(2)22(3)21-13)19(25)20-10-17(24)12-23-9-8-15-6-4-5-7-16(15)11-23/h4-7,17,24H,8-12H2,1-3H3,(H,20,25). The first kappa shape index (κ1) is 17.6. The highest BCUT2D eigenvalue weighted by Crippen LogP contribution is 2.18. The summed E-state index contributed by atoms with van der Waals surface area (Å²) in [5.41, 5.74) is 4.86. The Balaban J connectivity index is 1.52. The number of amides is 1. The number of aryl methyl sites for hydroxylation is 2. The molecule has 0 aliphatic carbocycles. The third kappa shape index (κ3) is 3.91. The molecule has 1 unspecified atom stereocenters. The van der Waals surface area contributed by atoms with Crippen molar-refractivity contribution in [2.75, 3.05) is 19.6 Å². The van der Waals surface area contributed by atoms with E-state index in [9.17, 15) is 9.90 Å². The molecule has 6 heteroatoms. The molecule has 0 radical (unpaired) electrons. The van der Waals surface area contributed by atoms with Gasteiger partial charge < -0.3 is 10.4 Å². The maximum Gasteiger partial charge on any atom is 0.255 e. The molecule has 2 aromatic rings. The van der Waals surface area contributed by atoms with Crippen LogP contribution < -0.4 is 5.32 Å². The van der Waals surface area contributed by atoms with Crippen molar-refractivity contribution in [1.29, 1.82) is 0 Å². The number of hydrogen-bond donors (Lipinski definition) is 2. The van der Waals surface area contributed by atoms with E-state index in [0.29, 0.717) is 17.8 Å². The lowest BCUT2D eigenvalue weighted by Crippen LogP contribution is -2.42. The summed E-state index contributed by atoms with van der Waals surface area (Å²) in [6.07, 6.45) is 0.412. The summed E-state index contributed by atoms with van der Waals surface area (Å²) in [5, 5.41) is 17.4. The maximum atomic E-state index is 12.4. The second-order valence-electron chi connectivity index (χ2n) is 6.79. The normalized spacial score (nSPS) is 15.7. The predicted molar refractivity (Wildman–Crippen MR) is 96.4 cm³/mol. The molecule has 1 aromatic heterocycles. The fraction of sp³-hybridized carbons (Fsp3) is 0.474. The Morgan fingerprint density at radius 3 is 2.72 bits per heavy atom. The second-order valence-corrected chi connectivity index (χ2v) is 6.79. The number of carbonyl (C=O) groups is 1. The third-order valence-corrected chi connectivity index (χ3v) is 4.91. The van der Waals surface area contributed by atoms with Crippen LogP contribution in [0.3, 0.4) is 0 Å². The van der Waals surface area contributed by atoms with Gasteiger partial charge in [-0.2, -0.15) is 5.10 Å². The van der Waals surface area contributed by atoms with Gasteiger partial charge in [-0.05, 0) is 31.4 Å². The zero-order chi connectivity index (χ0) is 18.0. The number of aliphatic hydroxyl groups excluding tert-OH is 1. The Morgan fingerprint density at radius 1 is 1.32 bits per heavy atom. The molecule has 0 bridgehead atoms. The van der Waals surface area contributed by atoms with Gasteiger partial charge in [-0.3, -0.25) is 14.4 Å². The van der Waals surface area contributed by atoms with Crippen LogP contribution >= 0.6 is 0 Å². The van der Waals surface area contributed by atoms with Crippen molar-refractivity contribution in [3.8, 4) is 0 Å². The van der Waals surface area contributed by atoms with Gasteiger partial charge in [0.15, 0.2) is 0 Å². The van der Waals surface area contributed by atoms with Crippen LogP contribution in [0.4, 0.5) is 0 Å². The predicted octanol–water partition coefficient (Wildman–Crippen LogP) is 1.19. The summed E-state index contributed by atoms with van der Waals surface area (Å²) < 4.78 is 1.70. The average molecular weight is 342 g/mol. The molecule has 3 rings (SSSR count). The van der Waals surface area contributed by atoms with Crippen LogP contribution in [-0.2, 0) is 20.0 Å². The molecule has 25 heavy (non-hydrogen) atoms. The molecule has 1 atom stereocenters. The summed E-state index contributed by atoms with van der Waals surface area (Å²) in [4.78, 5) is 14.6. The van der Waals surface area contributed by atoms with Gasteiger partial charge in [-0.25, -0.2) is 0 Å². The fourth-order valence-electron chi connectivity index (χ4n) is 3.47. The minimum absolute atomic E-state index is 0.175. The highest BCUT2D eigenvalue weighted by Gasteiger charge is 2.21. The van der Waals surface area contributed by atoms with Crippen molar-refractivity contribution in [2.24, 2.45) is 7.05 Å². The van der Waals surface area contributed by atoms with E-state index in [1.54, 1.807) is 4.68 Å². The van der Waals surface area contributed by atoms with E-state index in [2.05, 4.69) is 39.6 Å². The van der Waals surface area contributed by atoms with E-state index in [0.717, 1.165) is 25.2 Å². The smallest absolute Gasteiger partial charge is 0.255 e. The first-order chi connectivity index (χ1) is 12.0. The van der Waals surface area contributed by atoms with Gasteiger partial charge in [0.05, 0.1) is 17.4 Å². The van der Waals surface area contributed by atoms with Gasteiger partial charge in [0.25, 0.3) is 5.91 Å². The average Bonchev–Trinajstić information content (AvgIpc) is 2.85. The van der Waals surface area contributed by atoms with Crippen molar-refractivity contribution in [1.82, 2.24) is 20.0 Å². The lowest BCUT2D eigenvalue weighted by Gasteiger charge is -2.30. The molecule has 134 valence electrons. The van der Waals surface area contributed by atoms with Crippen molar-refractivity contribution in [3.63, 3.8) is 0 Å². The largest absolute Gasteiger partial charge is 0.390 e. The molecule has 0 saturated heterocycles. The Morgan fingerprint density at radius 2 is 2.04 bits per heavy atom. The van der Waals surface area contributed by atoms with Crippen LogP contribution in [-0.4, -0.2) is 51.4 Å². The quantitative estimate of drug-likeness (QED) is 0.856. The summed E-state index contributed by atoms with van der Waals surface area (Å²) in [7, 11) is 1.82. The number of β-amino-alcohol motifs (C(OH)–C–C–N with tert-alkyl or cyclic N) is 1. The fourth-order valence-corrected chi connectivity index (χ4v) is 3.47. The van der Waals surface area contributed by atoms with E-state index in [4.69, 9.17) is 0 Å². The van der Waals surface area contributed by atoms with Gasteiger partial charge in [0, 0.05) is 38.9 Å². The number of benzene rings is 1.